The summed E-state index contributed by atoms with van der Waals surface area (Å²) in [6, 6.07) is 5.90. The summed E-state index contributed by atoms with van der Waals surface area (Å²) >= 11 is 0. The molecule has 0 aliphatic rings. The normalized spacial score (nSPS) is 13.2. The summed E-state index contributed by atoms with van der Waals surface area (Å²) in [5, 5.41) is 0. The number of hydrogen-bond donors (Lipinski definition) is 2. The highest BCUT2D eigenvalue weighted by atomic mass is 16.5. The molecular weight excluding hydrogens is 192 g/mol. The number of benzene rings is 1. The molecule has 4 nitrogen and oxygen atoms in total. The van der Waals surface area contributed by atoms with Gasteiger partial charge in [0.25, 0.3) is 0 Å². The molecule has 0 amide bonds. The van der Waals surface area contributed by atoms with Crippen LogP contribution in [0.1, 0.15) is 18.4 Å². The van der Waals surface area contributed by atoms with Crippen molar-refractivity contribution in [2.75, 3.05) is 13.7 Å². The molecule has 1 heterocycles. The molecule has 0 aliphatic carbocycles. The number of ether oxygens (including phenoxy) is 1. The molecule has 1 unspecified atom stereocenters. The summed E-state index contributed by atoms with van der Waals surface area (Å²) < 4.78 is 5.10. The molecule has 0 saturated heterocycles. The molecule has 4 heteroatoms. The zero-order valence-electron chi connectivity index (χ0n) is 8.83. The fraction of sp³-hybridized carbons (Fsp3) is 0.364. The Balaban J connectivity index is 2.41. The largest absolute Gasteiger partial charge is 0.384 e. The van der Waals surface area contributed by atoms with E-state index < -0.39 is 0 Å². The van der Waals surface area contributed by atoms with E-state index in [0.717, 1.165) is 11.0 Å². The van der Waals surface area contributed by atoms with E-state index in [2.05, 4.69) is 16.9 Å². The third kappa shape index (κ3) is 1.94. The first-order valence-corrected chi connectivity index (χ1v) is 4.91. The lowest BCUT2D eigenvalue weighted by Gasteiger charge is -2.09. The lowest BCUT2D eigenvalue weighted by molar-refractivity contribution is 0.184. The zero-order chi connectivity index (χ0) is 10.8. The van der Waals surface area contributed by atoms with Gasteiger partial charge in [0.05, 0.1) is 17.6 Å². The monoisotopic (exact) mass is 206 g/mol. The molecule has 0 saturated carbocycles. The number of rotatable bonds is 3. The first kappa shape index (κ1) is 9.98. The molecule has 2 rings (SSSR count). The Bertz CT molecular complexity index is 513. The summed E-state index contributed by atoms with van der Waals surface area (Å²) in [4.78, 5) is 16.5. The zero-order valence-corrected chi connectivity index (χ0v) is 8.83. The fourth-order valence-corrected chi connectivity index (χ4v) is 1.70. The van der Waals surface area contributed by atoms with E-state index in [4.69, 9.17) is 4.74 Å². The standard InChI is InChI=1S/C11H14N2O2/c1-7(6-15-2)8-3-4-9-10(5-8)13-11(14)12-9/h3-5,7H,6H2,1-2H3,(H2,12,13,14). The van der Waals surface area contributed by atoms with Gasteiger partial charge in [-0.1, -0.05) is 13.0 Å². The number of nitrogens with one attached hydrogen (secondary N) is 2. The van der Waals surface area contributed by atoms with Crippen molar-refractivity contribution in [1.82, 2.24) is 9.97 Å². The highest BCUT2D eigenvalue weighted by Crippen LogP contribution is 2.18. The molecule has 1 aromatic carbocycles. The van der Waals surface area contributed by atoms with E-state index in [-0.39, 0.29) is 5.69 Å². The number of fused-ring (bicyclic) bond motifs is 1. The SMILES string of the molecule is COCC(C)c1ccc2[nH]c(=O)[nH]c2c1. The van der Waals surface area contributed by atoms with Crippen LogP contribution in [0.15, 0.2) is 23.0 Å². The van der Waals surface area contributed by atoms with Gasteiger partial charge < -0.3 is 14.7 Å². The molecule has 15 heavy (non-hydrogen) atoms. The Morgan fingerprint density at radius 2 is 2.07 bits per heavy atom. The van der Waals surface area contributed by atoms with E-state index in [9.17, 15) is 4.79 Å². The molecule has 2 aromatic rings. The molecular formula is C11H14N2O2. The van der Waals surface area contributed by atoms with Crippen molar-refractivity contribution in [3.8, 4) is 0 Å². The van der Waals surface area contributed by atoms with E-state index in [1.807, 2.05) is 18.2 Å². The van der Waals surface area contributed by atoms with E-state index in [1.54, 1.807) is 7.11 Å². The van der Waals surface area contributed by atoms with Gasteiger partial charge in [0, 0.05) is 13.0 Å². The van der Waals surface area contributed by atoms with Crippen LogP contribution in [-0.2, 0) is 4.74 Å². The van der Waals surface area contributed by atoms with Crippen molar-refractivity contribution in [3.63, 3.8) is 0 Å². The molecule has 0 radical (unpaired) electrons. The maximum atomic E-state index is 11.1. The summed E-state index contributed by atoms with van der Waals surface area (Å²) in [6.45, 7) is 2.77. The number of hydrogen-bond acceptors (Lipinski definition) is 2. The number of methoxy groups -OCH3 is 1. The predicted octanol–water partition coefficient (Wildman–Crippen LogP) is 1.61. The van der Waals surface area contributed by atoms with Crippen molar-refractivity contribution in [2.24, 2.45) is 0 Å². The Hall–Kier alpha value is -1.55. The lowest BCUT2D eigenvalue weighted by atomic mass is 10.0. The molecule has 0 fully saturated rings. The molecule has 1 aromatic heterocycles. The molecule has 2 N–H and O–H groups in total. The Morgan fingerprint density at radius 3 is 2.80 bits per heavy atom. The third-order valence-electron chi connectivity index (χ3n) is 2.53. The van der Waals surface area contributed by atoms with Crippen LogP contribution in [-0.4, -0.2) is 23.7 Å². The van der Waals surface area contributed by atoms with E-state index in [0.29, 0.717) is 12.5 Å². The number of imidazole rings is 1. The molecule has 1 atom stereocenters. The highest BCUT2D eigenvalue weighted by Gasteiger charge is 2.06. The van der Waals surface area contributed by atoms with Crippen LogP contribution < -0.4 is 5.69 Å². The van der Waals surface area contributed by atoms with Gasteiger partial charge in [-0.05, 0) is 17.7 Å². The van der Waals surface area contributed by atoms with Gasteiger partial charge in [-0.3, -0.25) is 0 Å². The van der Waals surface area contributed by atoms with Crippen LogP contribution in [0.4, 0.5) is 0 Å². The lowest BCUT2D eigenvalue weighted by Crippen LogP contribution is -2.01. The smallest absolute Gasteiger partial charge is 0.323 e. The molecule has 0 aliphatic heterocycles. The maximum absolute atomic E-state index is 11.1. The van der Waals surface area contributed by atoms with Crippen molar-refractivity contribution < 1.29 is 4.74 Å². The van der Waals surface area contributed by atoms with Crippen molar-refractivity contribution >= 4 is 11.0 Å². The number of aromatic amines is 2. The topological polar surface area (TPSA) is 57.9 Å². The Labute approximate surface area is 87.3 Å². The van der Waals surface area contributed by atoms with Gasteiger partial charge in [0.2, 0.25) is 0 Å². The second kappa shape index (κ2) is 3.90. The third-order valence-corrected chi connectivity index (χ3v) is 2.53. The van der Waals surface area contributed by atoms with Gasteiger partial charge in [-0.25, -0.2) is 4.79 Å². The van der Waals surface area contributed by atoms with Gasteiger partial charge in [-0.2, -0.15) is 0 Å². The fourth-order valence-electron chi connectivity index (χ4n) is 1.70. The molecule has 80 valence electrons. The van der Waals surface area contributed by atoms with Crippen LogP contribution >= 0.6 is 0 Å². The number of aromatic nitrogens is 2. The van der Waals surface area contributed by atoms with Crippen molar-refractivity contribution in [1.29, 1.82) is 0 Å². The average molecular weight is 206 g/mol. The first-order valence-electron chi connectivity index (χ1n) is 4.91. The predicted molar refractivity (Wildman–Crippen MR) is 59.2 cm³/mol. The summed E-state index contributed by atoms with van der Waals surface area (Å²) in [5.74, 6) is 0.331. The van der Waals surface area contributed by atoms with Crippen LogP contribution in [0.3, 0.4) is 0 Å². The van der Waals surface area contributed by atoms with Gasteiger partial charge in [0.1, 0.15) is 0 Å². The van der Waals surface area contributed by atoms with Gasteiger partial charge in [0.15, 0.2) is 0 Å². The minimum Gasteiger partial charge on any atom is -0.384 e. The molecule has 0 bridgehead atoms. The van der Waals surface area contributed by atoms with Crippen molar-refractivity contribution in [2.45, 2.75) is 12.8 Å². The minimum absolute atomic E-state index is 0.165. The second-order valence-corrected chi connectivity index (χ2v) is 3.74. The minimum atomic E-state index is -0.165. The van der Waals surface area contributed by atoms with Crippen LogP contribution in [0.5, 0.6) is 0 Å². The maximum Gasteiger partial charge on any atom is 0.323 e. The van der Waals surface area contributed by atoms with Gasteiger partial charge >= 0.3 is 5.69 Å². The van der Waals surface area contributed by atoms with Crippen LogP contribution in [0.25, 0.3) is 11.0 Å². The Kier molecular flexibility index (Phi) is 2.60. The summed E-state index contributed by atoms with van der Waals surface area (Å²) in [7, 11) is 1.69. The van der Waals surface area contributed by atoms with Crippen molar-refractivity contribution in [3.05, 3.63) is 34.2 Å². The quantitative estimate of drug-likeness (QED) is 0.801. The van der Waals surface area contributed by atoms with Gasteiger partial charge in [-0.15, -0.1) is 0 Å². The second-order valence-electron chi connectivity index (χ2n) is 3.74. The summed E-state index contributed by atoms with van der Waals surface area (Å²) in [5.41, 5.74) is 2.69. The van der Waals surface area contributed by atoms with E-state index in [1.165, 1.54) is 5.56 Å². The first-order chi connectivity index (χ1) is 7.20. The van der Waals surface area contributed by atoms with Crippen LogP contribution in [0.2, 0.25) is 0 Å². The highest BCUT2D eigenvalue weighted by molar-refractivity contribution is 5.75. The van der Waals surface area contributed by atoms with E-state index >= 15 is 0 Å². The molecule has 0 spiro atoms. The number of H-pyrrole nitrogens is 2. The summed E-state index contributed by atoms with van der Waals surface area (Å²) in [6.07, 6.45) is 0. The van der Waals surface area contributed by atoms with Crippen LogP contribution in [0, 0.1) is 0 Å². The average Bonchev–Trinajstić information content (AvgIpc) is 2.57. The Morgan fingerprint density at radius 1 is 1.33 bits per heavy atom.